The Labute approximate surface area is 71.5 Å². The fourth-order valence-corrected chi connectivity index (χ4v) is 1.13. The molecule has 0 aliphatic rings. The van der Waals surface area contributed by atoms with E-state index in [0.717, 1.165) is 0 Å². The highest BCUT2D eigenvalue weighted by atomic mass is 32.2. The van der Waals surface area contributed by atoms with Gasteiger partial charge in [-0.25, -0.2) is 13.6 Å². The van der Waals surface area contributed by atoms with Crippen LogP contribution in [0.3, 0.4) is 0 Å². The summed E-state index contributed by atoms with van der Waals surface area (Å²) in [5, 5.41) is 4.99. The minimum absolute atomic E-state index is 0.0862. The van der Waals surface area contributed by atoms with Gasteiger partial charge < -0.3 is 0 Å². The van der Waals surface area contributed by atoms with Crippen LogP contribution in [0.1, 0.15) is 12.6 Å². The van der Waals surface area contributed by atoms with E-state index >= 15 is 0 Å². The molecule has 0 aliphatic carbocycles. The van der Waals surface area contributed by atoms with Crippen LogP contribution in [-0.2, 0) is 10.0 Å². The highest BCUT2D eigenvalue weighted by Crippen LogP contribution is 2.14. The third kappa shape index (κ3) is 2.02. The predicted octanol–water partition coefficient (Wildman–Crippen LogP) is 0.270. The Morgan fingerprint density at radius 1 is 1.50 bits per heavy atom. The van der Waals surface area contributed by atoms with E-state index < -0.39 is 10.0 Å². The molecule has 65 valence electrons. The molecule has 1 aromatic heterocycles. The van der Waals surface area contributed by atoms with Crippen molar-refractivity contribution in [3.63, 3.8) is 0 Å². The molecule has 0 bridgehead atoms. The van der Waals surface area contributed by atoms with Gasteiger partial charge in [0.25, 0.3) is 0 Å². The molecule has 1 heterocycles. The zero-order chi connectivity index (χ0) is 9.19. The molecule has 0 amide bonds. The summed E-state index contributed by atoms with van der Waals surface area (Å²) in [6.45, 7) is 1.43. The van der Waals surface area contributed by atoms with E-state index in [0.29, 0.717) is 5.69 Å². The van der Waals surface area contributed by atoms with Crippen molar-refractivity contribution in [3.05, 3.63) is 35.3 Å². The largest absolute Gasteiger partial charge is 0.260 e. The first-order valence-corrected chi connectivity index (χ1v) is 4.84. The molecule has 0 unspecified atom stereocenters. The van der Waals surface area contributed by atoms with Gasteiger partial charge >= 0.3 is 0 Å². The number of rotatable bonds is 2. The van der Waals surface area contributed by atoms with Gasteiger partial charge in [-0.3, -0.25) is 4.98 Å². The van der Waals surface area contributed by atoms with E-state index in [1.54, 1.807) is 18.2 Å². The van der Waals surface area contributed by atoms with Gasteiger partial charge in [-0.1, -0.05) is 6.07 Å². The molecule has 2 N–H and O–H groups in total. The summed E-state index contributed by atoms with van der Waals surface area (Å²) in [4.78, 5) is 3.85. The van der Waals surface area contributed by atoms with Crippen LogP contribution < -0.4 is 5.14 Å². The molecule has 0 atom stereocenters. The van der Waals surface area contributed by atoms with Crippen LogP contribution in [0.25, 0.3) is 0 Å². The molecule has 4 nitrogen and oxygen atoms in total. The number of primary sulfonamides is 1. The van der Waals surface area contributed by atoms with Crippen molar-refractivity contribution >= 4 is 10.0 Å². The van der Waals surface area contributed by atoms with E-state index in [9.17, 15) is 8.42 Å². The molecule has 0 spiro atoms. The molecular formula is C7H9N2O2S. The van der Waals surface area contributed by atoms with Gasteiger partial charge in [0, 0.05) is 6.20 Å². The minimum atomic E-state index is -3.60. The first kappa shape index (κ1) is 9.15. The number of aromatic nitrogens is 1. The van der Waals surface area contributed by atoms with Gasteiger partial charge in [-0.05, 0) is 19.1 Å². The number of nitrogens with zero attached hydrogens (tertiary/aromatic N) is 1. The van der Waals surface area contributed by atoms with Crippen molar-refractivity contribution in [2.75, 3.05) is 0 Å². The van der Waals surface area contributed by atoms with Crippen molar-refractivity contribution in [2.24, 2.45) is 5.14 Å². The summed E-state index contributed by atoms with van der Waals surface area (Å²) in [5.74, 6) is 0. The molecule has 5 heteroatoms. The fraction of sp³-hybridized carbons (Fsp3) is 0.143. The van der Waals surface area contributed by atoms with Crippen LogP contribution in [0, 0.1) is 5.25 Å². The first-order chi connectivity index (χ1) is 5.52. The molecule has 12 heavy (non-hydrogen) atoms. The smallest absolute Gasteiger partial charge is 0.222 e. The Hall–Kier alpha value is -0.940. The standard InChI is InChI=1S/C7H9N2O2S/c1-6(12(8,10)11)7-4-2-3-5-9-7/h2-5H,1H3,(H2,8,10,11). The summed E-state index contributed by atoms with van der Waals surface area (Å²) >= 11 is 0. The average Bonchev–Trinajstić information content (AvgIpc) is 2.03. The number of nitrogens with two attached hydrogens (primary N) is 1. The SMILES string of the molecule is C[C](c1ccccn1)S(N)(=O)=O. The number of hydrogen-bond donors (Lipinski definition) is 1. The van der Waals surface area contributed by atoms with Crippen molar-refractivity contribution < 1.29 is 8.42 Å². The van der Waals surface area contributed by atoms with E-state index in [1.807, 2.05) is 0 Å². The minimum Gasteiger partial charge on any atom is -0.260 e. The maximum Gasteiger partial charge on any atom is 0.222 e. The van der Waals surface area contributed by atoms with Gasteiger partial charge in [0.2, 0.25) is 10.0 Å². The highest BCUT2D eigenvalue weighted by Gasteiger charge is 2.19. The lowest BCUT2D eigenvalue weighted by Gasteiger charge is -2.05. The Kier molecular flexibility index (Phi) is 2.44. The molecular weight excluding hydrogens is 176 g/mol. The maximum absolute atomic E-state index is 10.8. The number of pyridine rings is 1. The van der Waals surface area contributed by atoms with E-state index in [1.165, 1.54) is 13.1 Å². The third-order valence-corrected chi connectivity index (χ3v) is 2.52. The topological polar surface area (TPSA) is 73.0 Å². The summed E-state index contributed by atoms with van der Waals surface area (Å²) in [5.41, 5.74) is 0.389. The van der Waals surface area contributed by atoms with Gasteiger partial charge in [0.15, 0.2) is 5.25 Å². The lowest BCUT2D eigenvalue weighted by molar-refractivity contribution is 0.599. The zero-order valence-corrected chi connectivity index (χ0v) is 7.38. The van der Waals surface area contributed by atoms with Crippen LogP contribution in [0.4, 0.5) is 0 Å². The highest BCUT2D eigenvalue weighted by molar-refractivity contribution is 7.92. The zero-order valence-electron chi connectivity index (χ0n) is 6.56. The summed E-state index contributed by atoms with van der Waals surface area (Å²) in [6, 6.07) is 5.01. The second-order valence-corrected chi connectivity index (χ2v) is 4.02. The summed E-state index contributed by atoms with van der Waals surface area (Å²) in [7, 11) is -3.60. The van der Waals surface area contributed by atoms with Crippen molar-refractivity contribution in [1.29, 1.82) is 0 Å². The van der Waals surface area contributed by atoms with Crippen LogP contribution in [0.5, 0.6) is 0 Å². The lowest BCUT2D eigenvalue weighted by Crippen LogP contribution is -2.20. The normalized spacial score (nSPS) is 11.9. The molecule has 1 aromatic rings. The quantitative estimate of drug-likeness (QED) is 0.718. The number of hydrogen-bond acceptors (Lipinski definition) is 3. The van der Waals surface area contributed by atoms with Gasteiger partial charge in [-0.2, -0.15) is 0 Å². The lowest BCUT2D eigenvalue weighted by atomic mass is 10.3. The Morgan fingerprint density at radius 2 is 2.17 bits per heavy atom. The van der Waals surface area contributed by atoms with Gasteiger partial charge in [0.1, 0.15) is 0 Å². The molecule has 0 saturated heterocycles. The Morgan fingerprint density at radius 3 is 2.58 bits per heavy atom. The Bertz CT molecular complexity index is 347. The Balaban J connectivity index is 3.02. The molecule has 0 aromatic carbocycles. The van der Waals surface area contributed by atoms with E-state index in [2.05, 4.69) is 4.98 Å². The second-order valence-electron chi connectivity index (χ2n) is 2.32. The van der Waals surface area contributed by atoms with Crippen molar-refractivity contribution in [1.82, 2.24) is 4.98 Å². The molecule has 1 rings (SSSR count). The van der Waals surface area contributed by atoms with Crippen molar-refractivity contribution in [3.8, 4) is 0 Å². The van der Waals surface area contributed by atoms with Crippen LogP contribution in [-0.4, -0.2) is 13.4 Å². The van der Waals surface area contributed by atoms with E-state index in [4.69, 9.17) is 5.14 Å². The average molecular weight is 185 g/mol. The van der Waals surface area contributed by atoms with Gasteiger partial charge in [-0.15, -0.1) is 0 Å². The van der Waals surface area contributed by atoms with Crippen LogP contribution in [0.2, 0.25) is 0 Å². The van der Waals surface area contributed by atoms with E-state index in [-0.39, 0.29) is 5.25 Å². The predicted molar refractivity (Wildman–Crippen MR) is 45.4 cm³/mol. The van der Waals surface area contributed by atoms with Crippen LogP contribution >= 0.6 is 0 Å². The fourth-order valence-electron chi connectivity index (χ4n) is 0.717. The molecule has 0 saturated carbocycles. The molecule has 0 fully saturated rings. The maximum atomic E-state index is 10.8. The first-order valence-electron chi connectivity index (χ1n) is 3.29. The monoisotopic (exact) mass is 185 g/mol. The summed E-state index contributed by atoms with van der Waals surface area (Å²) < 4.78 is 21.7. The summed E-state index contributed by atoms with van der Waals surface area (Å²) in [6.07, 6.45) is 1.52. The number of sulfonamides is 1. The van der Waals surface area contributed by atoms with Crippen LogP contribution in [0.15, 0.2) is 24.4 Å². The third-order valence-electron chi connectivity index (χ3n) is 1.45. The van der Waals surface area contributed by atoms with Gasteiger partial charge in [0.05, 0.1) is 5.69 Å². The molecule has 0 aliphatic heterocycles. The molecule has 1 radical (unpaired) electrons. The second kappa shape index (κ2) is 3.20. The van der Waals surface area contributed by atoms with Crippen molar-refractivity contribution in [2.45, 2.75) is 6.92 Å².